The van der Waals surface area contributed by atoms with Crippen LogP contribution in [0.4, 0.5) is 17.6 Å². The number of carbonyl (C=O) groups is 2. The lowest BCUT2D eigenvalue weighted by Gasteiger charge is -2.43. The van der Waals surface area contributed by atoms with E-state index in [0.29, 0.717) is 30.1 Å². The summed E-state index contributed by atoms with van der Waals surface area (Å²) in [5.41, 5.74) is 8.64. The van der Waals surface area contributed by atoms with Crippen molar-refractivity contribution in [1.82, 2.24) is 9.88 Å². The molecule has 0 aliphatic carbocycles. The summed E-state index contributed by atoms with van der Waals surface area (Å²) in [6.07, 6.45) is 7.82. The molecule has 7 nitrogen and oxygen atoms in total. The molecule has 0 amide bonds. The van der Waals surface area contributed by atoms with Crippen molar-refractivity contribution in [2.45, 2.75) is 64.8 Å². The second kappa shape index (κ2) is 19.0. The van der Waals surface area contributed by atoms with Gasteiger partial charge in [0, 0.05) is 53.1 Å². The van der Waals surface area contributed by atoms with E-state index in [4.69, 9.17) is 21.8 Å². The van der Waals surface area contributed by atoms with Crippen molar-refractivity contribution in [3.05, 3.63) is 187 Å². The topological polar surface area (TPSA) is 106 Å². The van der Waals surface area contributed by atoms with E-state index in [2.05, 4.69) is 28.2 Å². The third kappa shape index (κ3) is 10.1. The Labute approximate surface area is 373 Å². The highest BCUT2D eigenvalue weighted by atomic mass is 35.5. The molecule has 0 saturated heterocycles. The van der Waals surface area contributed by atoms with Crippen LogP contribution in [0.1, 0.15) is 95.9 Å². The minimum absolute atomic E-state index is 0.00676. The molecular formula is C52H46ClF4N3O4. The minimum Gasteiger partial charge on any atom is -0.478 e. The zero-order valence-corrected chi connectivity index (χ0v) is 36.4. The molecule has 0 spiro atoms. The van der Waals surface area contributed by atoms with Crippen LogP contribution in [0, 0.1) is 17.5 Å². The van der Waals surface area contributed by atoms with E-state index in [-0.39, 0.29) is 29.5 Å². The molecule has 64 heavy (non-hydrogen) atoms. The number of H-pyrrole nitrogens is 1. The van der Waals surface area contributed by atoms with E-state index < -0.39 is 35.3 Å². The summed E-state index contributed by atoms with van der Waals surface area (Å²) in [5, 5.41) is 19.0. The van der Waals surface area contributed by atoms with Crippen LogP contribution in [0.15, 0.2) is 114 Å². The SMILES string of the molecule is CC/C(=C(/c1ccc(/C=C/C(=O)O)cc1)c1ccc2c(c1)C=NC2)c1ccc(F)cc1Cl.C[C@@H]1Cc2c([nH]c3ccccc23)[C@@H](c2c(F)cc(/C=C/C(=O)O)cc2F)N1CC(C)(C)F. The van der Waals surface area contributed by atoms with Gasteiger partial charge in [-0.1, -0.05) is 79.2 Å². The number of rotatable bonds is 11. The number of hydrogen-bond acceptors (Lipinski definition) is 4. The Morgan fingerprint density at radius 3 is 2.17 bits per heavy atom. The summed E-state index contributed by atoms with van der Waals surface area (Å²) in [6.45, 7) is 7.56. The van der Waals surface area contributed by atoms with Crippen LogP contribution < -0.4 is 0 Å². The lowest BCUT2D eigenvalue weighted by atomic mass is 9.87. The normalized spacial score (nSPS) is 16.5. The van der Waals surface area contributed by atoms with Crippen LogP contribution in [0.5, 0.6) is 0 Å². The van der Waals surface area contributed by atoms with Crippen molar-refractivity contribution in [2.24, 2.45) is 4.99 Å². The Balaban J connectivity index is 0.000000191. The molecule has 3 heterocycles. The molecule has 0 saturated carbocycles. The molecule has 5 aromatic carbocycles. The van der Waals surface area contributed by atoms with Crippen LogP contribution in [0.25, 0.3) is 34.2 Å². The third-order valence-corrected chi connectivity index (χ3v) is 11.6. The molecular weight excluding hydrogens is 842 g/mol. The average molecular weight is 888 g/mol. The molecule has 3 N–H and O–H groups in total. The van der Waals surface area contributed by atoms with Crippen LogP contribution in [-0.2, 0) is 22.6 Å². The first-order valence-corrected chi connectivity index (χ1v) is 21.2. The number of carboxylic acid groups (broad SMARTS) is 2. The third-order valence-electron chi connectivity index (χ3n) is 11.3. The monoisotopic (exact) mass is 887 g/mol. The van der Waals surface area contributed by atoms with Gasteiger partial charge < -0.3 is 15.2 Å². The number of halogens is 5. The second-order valence-electron chi connectivity index (χ2n) is 16.5. The highest BCUT2D eigenvalue weighted by Gasteiger charge is 2.41. The summed E-state index contributed by atoms with van der Waals surface area (Å²) >= 11 is 6.45. The zero-order valence-electron chi connectivity index (χ0n) is 35.6. The maximum absolute atomic E-state index is 15.3. The first-order chi connectivity index (χ1) is 30.5. The van der Waals surface area contributed by atoms with Crippen molar-refractivity contribution in [3.8, 4) is 0 Å². The average Bonchev–Trinajstić information content (AvgIpc) is 3.87. The number of nitrogens with zero attached hydrogens (tertiary/aromatic N) is 2. The first kappa shape index (κ1) is 45.5. The van der Waals surface area contributed by atoms with Gasteiger partial charge in [-0.25, -0.2) is 27.2 Å². The fourth-order valence-corrected chi connectivity index (χ4v) is 8.85. The number of aliphatic carboxylic acids is 2. The molecule has 0 fully saturated rings. The molecule has 0 radical (unpaired) electrons. The van der Waals surface area contributed by atoms with Gasteiger partial charge in [-0.15, -0.1) is 0 Å². The standard InChI is InChI=1S/C27H21ClFNO2.C25H25F3N2O2/c1-2-23(24-11-10-22(29)14-25(24)28)27(19-8-9-20-15-30-16-21(20)13-19)18-6-3-17(4-7-18)5-12-26(31)32;1-14-10-17-16-6-4-5-7-20(16)29-23(17)24(30(14)13-25(2,3)28)22-18(26)11-15(12-19(22)27)8-9-21(31)32/h3-14,16H,2,15H2,1H3,(H,31,32);4-9,11-12,14,24,29H,10,13H2,1-3H3,(H,31,32)/b12-5+,27-23+;9-8+/t;14-,24-/m.1/s1. The summed E-state index contributed by atoms with van der Waals surface area (Å²) in [7, 11) is 0. The zero-order chi connectivity index (χ0) is 45.9. The van der Waals surface area contributed by atoms with E-state index in [1.807, 2.05) is 68.6 Å². The van der Waals surface area contributed by atoms with Crippen molar-refractivity contribution < 1.29 is 37.4 Å². The number of carboxylic acids is 2. The lowest BCUT2D eigenvalue weighted by molar-refractivity contribution is -0.132. The smallest absolute Gasteiger partial charge is 0.328 e. The number of allylic oxidation sites excluding steroid dienone is 1. The number of para-hydroxylation sites is 1. The predicted octanol–water partition coefficient (Wildman–Crippen LogP) is 12.5. The Bertz CT molecular complexity index is 2850. The van der Waals surface area contributed by atoms with Crippen LogP contribution in [0.3, 0.4) is 0 Å². The lowest BCUT2D eigenvalue weighted by Crippen LogP contribution is -2.48. The van der Waals surface area contributed by atoms with Gasteiger partial charge >= 0.3 is 11.9 Å². The van der Waals surface area contributed by atoms with Gasteiger partial charge in [0.1, 0.15) is 23.1 Å². The van der Waals surface area contributed by atoms with Gasteiger partial charge in [0.15, 0.2) is 0 Å². The predicted molar refractivity (Wildman–Crippen MR) is 247 cm³/mol. The highest BCUT2D eigenvalue weighted by Crippen LogP contribution is 2.44. The number of alkyl halides is 1. The number of aromatic nitrogens is 1. The van der Waals surface area contributed by atoms with Crippen molar-refractivity contribution in [3.63, 3.8) is 0 Å². The molecule has 2 aliphatic rings. The highest BCUT2D eigenvalue weighted by molar-refractivity contribution is 6.32. The summed E-state index contributed by atoms with van der Waals surface area (Å²) in [5.74, 6) is -4.19. The number of aromatic amines is 1. The number of benzene rings is 5. The number of hydrogen-bond donors (Lipinski definition) is 3. The first-order valence-electron chi connectivity index (χ1n) is 20.8. The molecule has 1 aromatic heterocycles. The maximum atomic E-state index is 15.3. The van der Waals surface area contributed by atoms with Crippen LogP contribution in [-0.4, -0.2) is 56.5 Å². The van der Waals surface area contributed by atoms with Gasteiger partial charge in [0.05, 0.1) is 17.6 Å². The molecule has 2 atom stereocenters. The Morgan fingerprint density at radius 2 is 1.53 bits per heavy atom. The van der Waals surface area contributed by atoms with Crippen molar-refractivity contribution >= 4 is 64.0 Å². The summed E-state index contributed by atoms with van der Waals surface area (Å²) in [6, 6.07) is 27.3. The molecule has 6 aromatic rings. The molecule has 2 aliphatic heterocycles. The molecule has 0 unspecified atom stereocenters. The maximum Gasteiger partial charge on any atom is 0.328 e. The van der Waals surface area contributed by atoms with Gasteiger partial charge in [-0.05, 0) is 138 Å². The van der Waals surface area contributed by atoms with Gasteiger partial charge in [-0.3, -0.25) is 9.89 Å². The van der Waals surface area contributed by atoms with E-state index in [9.17, 15) is 18.4 Å². The minimum atomic E-state index is -1.58. The van der Waals surface area contributed by atoms with E-state index >= 15 is 8.78 Å². The van der Waals surface area contributed by atoms with E-state index in [1.165, 1.54) is 31.5 Å². The largest absolute Gasteiger partial charge is 0.478 e. The number of fused-ring (bicyclic) bond motifs is 4. The van der Waals surface area contributed by atoms with Crippen molar-refractivity contribution in [2.75, 3.05) is 6.54 Å². The molecule has 12 heteroatoms. The van der Waals surface area contributed by atoms with Crippen molar-refractivity contribution in [1.29, 1.82) is 0 Å². The quantitative estimate of drug-likeness (QED) is 0.0683. The fourth-order valence-electron chi connectivity index (χ4n) is 8.56. The molecule has 0 bridgehead atoms. The van der Waals surface area contributed by atoms with Crippen LogP contribution in [0.2, 0.25) is 5.02 Å². The molecule has 8 rings (SSSR count). The summed E-state index contributed by atoms with van der Waals surface area (Å²) in [4.78, 5) is 31.1. The Kier molecular flexibility index (Phi) is 13.5. The second-order valence-corrected chi connectivity index (χ2v) is 16.9. The van der Waals surface area contributed by atoms with Crippen LogP contribution >= 0.6 is 11.6 Å². The number of aliphatic imine (C=N–C) groups is 1. The van der Waals surface area contributed by atoms with E-state index in [1.54, 1.807) is 17.0 Å². The Morgan fingerprint density at radius 1 is 0.875 bits per heavy atom. The molecule has 328 valence electrons. The summed E-state index contributed by atoms with van der Waals surface area (Å²) < 4.78 is 59.2. The van der Waals surface area contributed by atoms with Gasteiger partial charge in [0.2, 0.25) is 0 Å². The number of nitrogens with one attached hydrogen (secondary N) is 1. The fraction of sp³-hybridized carbons (Fsp3) is 0.212. The van der Waals surface area contributed by atoms with Gasteiger partial charge in [0.25, 0.3) is 0 Å². The Hall–Kier alpha value is -6.56. The van der Waals surface area contributed by atoms with E-state index in [0.717, 1.165) is 85.8 Å². The van der Waals surface area contributed by atoms with Gasteiger partial charge in [-0.2, -0.15) is 0 Å².